The molecule has 0 saturated carbocycles. The van der Waals surface area contributed by atoms with Crippen LogP contribution in [0.3, 0.4) is 0 Å². The molecule has 1 aromatic carbocycles. The van der Waals surface area contributed by atoms with E-state index in [1.165, 1.54) is 17.5 Å². The van der Waals surface area contributed by atoms with Gasteiger partial charge >= 0.3 is 0 Å². The number of benzene rings is 1. The largest absolute Gasteiger partial charge is 0.495 e. The molecule has 2 N–H and O–H groups in total. The van der Waals surface area contributed by atoms with Gasteiger partial charge in [0.15, 0.2) is 0 Å². The summed E-state index contributed by atoms with van der Waals surface area (Å²) in [7, 11) is -2.15. The van der Waals surface area contributed by atoms with E-state index < -0.39 is 10.0 Å². The summed E-state index contributed by atoms with van der Waals surface area (Å²) in [5, 5.41) is 0.349. The molecule has 0 radical (unpaired) electrons. The molecule has 0 bridgehead atoms. The smallest absolute Gasteiger partial charge is 0.246 e. The average molecular weight is 319 g/mol. The van der Waals surface area contributed by atoms with Crippen molar-refractivity contribution in [3.05, 3.63) is 22.7 Å². The maximum absolute atomic E-state index is 12.7. The van der Waals surface area contributed by atoms with Gasteiger partial charge in [-0.25, -0.2) is 8.42 Å². The summed E-state index contributed by atoms with van der Waals surface area (Å²) in [6.07, 6.45) is 2.82. The lowest BCUT2D eigenvalue weighted by Crippen LogP contribution is -2.35. The van der Waals surface area contributed by atoms with Gasteiger partial charge in [-0.1, -0.05) is 18.0 Å². The highest BCUT2D eigenvalue weighted by Crippen LogP contribution is 2.34. The van der Waals surface area contributed by atoms with Gasteiger partial charge in [0.2, 0.25) is 10.0 Å². The van der Waals surface area contributed by atoms with Gasteiger partial charge in [-0.2, -0.15) is 4.31 Å². The third kappa shape index (κ3) is 2.93. The lowest BCUT2D eigenvalue weighted by molar-refractivity contribution is 0.342. The van der Waals surface area contributed by atoms with Gasteiger partial charge in [0.05, 0.1) is 7.11 Å². The fraction of sp³-hybridized carbons (Fsp3) is 0.538. The van der Waals surface area contributed by atoms with Crippen LogP contribution >= 0.6 is 11.6 Å². The molecule has 0 amide bonds. The van der Waals surface area contributed by atoms with Gasteiger partial charge in [0, 0.05) is 30.2 Å². The Bertz CT molecular complexity index is 584. The van der Waals surface area contributed by atoms with Crippen LogP contribution in [0.4, 0.5) is 0 Å². The summed E-state index contributed by atoms with van der Waals surface area (Å²) in [6, 6.07) is 3.07. The fourth-order valence-corrected chi connectivity index (χ4v) is 4.49. The van der Waals surface area contributed by atoms with Crippen LogP contribution in [0.5, 0.6) is 5.75 Å². The molecule has 0 spiro atoms. The molecule has 0 aliphatic carbocycles. The number of sulfonamides is 1. The normalized spacial score (nSPS) is 17.1. The highest BCUT2D eigenvalue weighted by atomic mass is 35.5. The van der Waals surface area contributed by atoms with Crippen LogP contribution in [0, 0.1) is 0 Å². The summed E-state index contributed by atoms with van der Waals surface area (Å²) in [5.74, 6) is 0.294. The van der Waals surface area contributed by atoms with Crippen molar-refractivity contribution in [2.75, 3.05) is 20.2 Å². The molecule has 1 saturated heterocycles. The molecule has 20 heavy (non-hydrogen) atoms. The van der Waals surface area contributed by atoms with Gasteiger partial charge in [-0.05, 0) is 25.0 Å². The summed E-state index contributed by atoms with van der Waals surface area (Å²) in [6.45, 7) is 1.25. The molecule has 5 nitrogen and oxygen atoms in total. The van der Waals surface area contributed by atoms with Crippen LogP contribution in [0.2, 0.25) is 5.02 Å². The fourth-order valence-electron chi connectivity index (χ4n) is 2.44. The van der Waals surface area contributed by atoms with Crippen LogP contribution in [0.25, 0.3) is 0 Å². The average Bonchev–Trinajstić information content (AvgIpc) is 2.47. The zero-order chi connectivity index (χ0) is 14.8. The van der Waals surface area contributed by atoms with Crippen LogP contribution in [0.1, 0.15) is 24.8 Å². The van der Waals surface area contributed by atoms with Crippen molar-refractivity contribution in [2.45, 2.75) is 30.7 Å². The number of rotatable bonds is 4. The van der Waals surface area contributed by atoms with Gasteiger partial charge in [0.1, 0.15) is 10.6 Å². The topological polar surface area (TPSA) is 72.6 Å². The van der Waals surface area contributed by atoms with Crippen LogP contribution < -0.4 is 10.5 Å². The second kappa shape index (κ2) is 6.30. The number of hydrogen-bond donors (Lipinski definition) is 1. The third-order valence-corrected chi connectivity index (χ3v) is 5.58. The molecule has 0 aromatic heterocycles. The van der Waals surface area contributed by atoms with Gasteiger partial charge in [-0.3, -0.25) is 0 Å². The van der Waals surface area contributed by atoms with Gasteiger partial charge in [-0.15, -0.1) is 0 Å². The second-order valence-corrected chi connectivity index (χ2v) is 7.11. The summed E-state index contributed by atoms with van der Waals surface area (Å²) < 4.78 is 32.2. The summed E-state index contributed by atoms with van der Waals surface area (Å²) in [4.78, 5) is 0.106. The van der Waals surface area contributed by atoms with E-state index in [-0.39, 0.29) is 11.4 Å². The van der Waals surface area contributed by atoms with Crippen LogP contribution in [0.15, 0.2) is 17.0 Å². The highest BCUT2D eigenvalue weighted by Gasteiger charge is 2.30. The molecule has 1 aliphatic heterocycles. The molecule has 0 unspecified atom stereocenters. The van der Waals surface area contributed by atoms with Gasteiger partial charge < -0.3 is 10.5 Å². The Labute approximate surface area is 124 Å². The Kier molecular flexibility index (Phi) is 4.90. The number of piperidine rings is 1. The number of methoxy groups -OCH3 is 1. The SMILES string of the molecule is COc1c(CN)cc(Cl)cc1S(=O)(=O)N1CCCCC1. The van der Waals surface area contributed by atoms with Crippen molar-refractivity contribution in [2.24, 2.45) is 5.73 Å². The van der Waals surface area contributed by atoms with Gasteiger partial charge in [0.25, 0.3) is 0 Å². The Morgan fingerprint density at radius 3 is 2.50 bits per heavy atom. The molecule has 1 heterocycles. The van der Waals surface area contributed by atoms with Crippen molar-refractivity contribution in [3.63, 3.8) is 0 Å². The summed E-state index contributed by atoms with van der Waals surface area (Å²) >= 11 is 6.01. The zero-order valence-corrected chi connectivity index (χ0v) is 13.0. The van der Waals surface area contributed by atoms with E-state index in [1.807, 2.05) is 0 Å². The standard InChI is InChI=1S/C13H19ClN2O3S/c1-19-13-10(9-15)7-11(14)8-12(13)20(17,18)16-5-3-2-4-6-16/h7-8H,2-6,9,15H2,1H3. The quantitative estimate of drug-likeness (QED) is 0.921. The first-order chi connectivity index (χ1) is 9.50. The third-order valence-electron chi connectivity index (χ3n) is 3.45. The van der Waals surface area contributed by atoms with Crippen LogP contribution in [-0.4, -0.2) is 32.9 Å². The second-order valence-electron chi connectivity index (χ2n) is 4.77. The predicted molar refractivity (Wildman–Crippen MR) is 78.5 cm³/mol. The minimum absolute atomic E-state index is 0.106. The molecule has 0 atom stereocenters. The first kappa shape index (κ1) is 15.6. The Balaban J connectivity index is 2.52. The van der Waals surface area contributed by atoms with E-state index in [9.17, 15) is 8.42 Å². The molecule has 1 aromatic rings. The van der Waals surface area contributed by atoms with E-state index in [1.54, 1.807) is 6.07 Å². The first-order valence-corrected chi connectivity index (χ1v) is 8.39. The van der Waals surface area contributed by atoms with Crippen molar-refractivity contribution in [1.29, 1.82) is 0 Å². The number of halogens is 1. The molecule has 112 valence electrons. The predicted octanol–water partition coefficient (Wildman–Crippen LogP) is 1.98. The van der Waals surface area contributed by atoms with E-state index in [4.69, 9.17) is 22.1 Å². The molecule has 1 aliphatic rings. The first-order valence-electron chi connectivity index (χ1n) is 6.57. The maximum atomic E-state index is 12.7. The number of nitrogens with two attached hydrogens (primary N) is 1. The minimum Gasteiger partial charge on any atom is -0.495 e. The molecule has 2 rings (SSSR count). The summed E-state index contributed by atoms with van der Waals surface area (Å²) in [5.41, 5.74) is 6.23. The van der Waals surface area contributed by atoms with E-state index in [0.29, 0.717) is 29.4 Å². The lowest BCUT2D eigenvalue weighted by Gasteiger charge is -2.27. The monoisotopic (exact) mass is 318 g/mol. The maximum Gasteiger partial charge on any atom is 0.246 e. The van der Waals surface area contributed by atoms with Crippen molar-refractivity contribution in [1.82, 2.24) is 4.31 Å². The van der Waals surface area contributed by atoms with E-state index in [2.05, 4.69) is 0 Å². The zero-order valence-electron chi connectivity index (χ0n) is 11.4. The van der Waals surface area contributed by atoms with E-state index >= 15 is 0 Å². The van der Waals surface area contributed by atoms with Crippen LogP contribution in [-0.2, 0) is 16.6 Å². The van der Waals surface area contributed by atoms with Crippen molar-refractivity contribution in [3.8, 4) is 5.75 Å². The number of nitrogens with zero attached hydrogens (tertiary/aromatic N) is 1. The molecular formula is C13H19ClN2O3S. The molecule has 1 fully saturated rings. The number of hydrogen-bond acceptors (Lipinski definition) is 4. The Morgan fingerprint density at radius 2 is 1.95 bits per heavy atom. The molecular weight excluding hydrogens is 300 g/mol. The van der Waals surface area contributed by atoms with E-state index in [0.717, 1.165) is 19.3 Å². The molecule has 7 heteroatoms. The number of ether oxygens (including phenoxy) is 1. The Morgan fingerprint density at radius 1 is 1.30 bits per heavy atom. The van der Waals surface area contributed by atoms with Crippen molar-refractivity contribution < 1.29 is 13.2 Å². The van der Waals surface area contributed by atoms with Crippen molar-refractivity contribution >= 4 is 21.6 Å². The lowest BCUT2D eigenvalue weighted by atomic mass is 10.2. The minimum atomic E-state index is -3.59. The Hall–Kier alpha value is -0.820. The highest BCUT2D eigenvalue weighted by molar-refractivity contribution is 7.89.